The van der Waals surface area contributed by atoms with Gasteiger partial charge in [-0.05, 0) is 36.8 Å². The molecule has 0 saturated heterocycles. The number of rotatable bonds is 4. The molecule has 1 amide bonds. The van der Waals surface area contributed by atoms with E-state index in [1.807, 2.05) is 6.92 Å². The van der Waals surface area contributed by atoms with E-state index in [-0.39, 0.29) is 15.9 Å². The molecule has 1 aromatic heterocycles. The highest BCUT2D eigenvalue weighted by Gasteiger charge is 2.16. The molecule has 0 aliphatic rings. The minimum atomic E-state index is -0.838. The van der Waals surface area contributed by atoms with Gasteiger partial charge in [0.05, 0.1) is 5.02 Å². The molecule has 0 fully saturated rings. The lowest BCUT2D eigenvalue weighted by Gasteiger charge is -2.09. The number of aryl methyl sites for hydroxylation is 1. The van der Waals surface area contributed by atoms with Gasteiger partial charge < -0.3 is 10.1 Å². The van der Waals surface area contributed by atoms with Crippen molar-refractivity contribution in [2.24, 2.45) is 0 Å². The fourth-order valence-electron chi connectivity index (χ4n) is 1.68. The lowest BCUT2D eigenvalue weighted by atomic mass is 10.2. The molecule has 0 spiro atoms. The van der Waals surface area contributed by atoms with E-state index in [0.717, 1.165) is 5.56 Å². The molecular weight excluding hydrogens is 363 g/mol. The minimum Gasteiger partial charge on any atom is -0.451 e. The normalized spacial score (nSPS) is 10.3. The van der Waals surface area contributed by atoms with Gasteiger partial charge in [0.15, 0.2) is 12.3 Å². The van der Waals surface area contributed by atoms with E-state index in [4.69, 9.17) is 39.5 Å². The molecule has 1 N–H and O–H groups in total. The first-order chi connectivity index (χ1) is 10.9. The number of hydrogen-bond acceptors (Lipinski definition) is 4. The van der Waals surface area contributed by atoms with Gasteiger partial charge in [-0.1, -0.05) is 40.9 Å². The largest absolute Gasteiger partial charge is 0.451 e. The third-order valence-electron chi connectivity index (χ3n) is 2.81. The average Bonchev–Trinajstić information content (AvgIpc) is 2.51. The van der Waals surface area contributed by atoms with Gasteiger partial charge >= 0.3 is 5.97 Å². The summed E-state index contributed by atoms with van der Waals surface area (Å²) in [7, 11) is 0. The maximum absolute atomic E-state index is 11.9. The fraction of sp³-hybridized carbons (Fsp3) is 0.133. The zero-order valence-electron chi connectivity index (χ0n) is 11.9. The Kier molecular flexibility index (Phi) is 5.82. The number of aromatic nitrogens is 1. The number of nitrogens with zero attached hydrogens (tertiary/aromatic N) is 1. The number of hydrogen-bond donors (Lipinski definition) is 1. The number of amides is 1. The second kappa shape index (κ2) is 7.64. The Bertz CT molecular complexity index is 766. The predicted molar refractivity (Wildman–Crippen MR) is 89.4 cm³/mol. The van der Waals surface area contributed by atoms with E-state index in [1.54, 1.807) is 18.2 Å². The van der Waals surface area contributed by atoms with Crippen molar-refractivity contribution in [3.8, 4) is 0 Å². The highest BCUT2D eigenvalue weighted by atomic mass is 35.5. The van der Waals surface area contributed by atoms with Crippen LogP contribution in [0.15, 0.2) is 30.3 Å². The van der Waals surface area contributed by atoms with Crippen LogP contribution in [0.2, 0.25) is 15.2 Å². The van der Waals surface area contributed by atoms with Crippen LogP contribution < -0.4 is 5.32 Å². The van der Waals surface area contributed by atoms with Crippen LogP contribution in [0.4, 0.5) is 5.69 Å². The number of halogens is 3. The highest BCUT2D eigenvalue weighted by molar-refractivity contribution is 6.34. The Hall–Kier alpha value is -1.82. The summed E-state index contributed by atoms with van der Waals surface area (Å²) in [6.45, 7) is 1.32. The standard InChI is InChI=1S/C15H11Cl3N2O3/c1-8-2-3-9(16)6-11(8)19-13(21)7-23-15(22)14-10(17)4-5-12(18)20-14/h2-6H,7H2,1H3,(H,19,21). The quantitative estimate of drug-likeness (QED) is 0.646. The number of carbonyl (C=O) groups excluding carboxylic acids is 2. The first-order valence-electron chi connectivity index (χ1n) is 6.42. The van der Waals surface area contributed by atoms with Crippen molar-refractivity contribution in [3.63, 3.8) is 0 Å². The van der Waals surface area contributed by atoms with Gasteiger partial charge in [0.1, 0.15) is 5.15 Å². The lowest BCUT2D eigenvalue weighted by molar-refractivity contribution is -0.119. The van der Waals surface area contributed by atoms with E-state index in [9.17, 15) is 9.59 Å². The number of pyridine rings is 1. The third-order valence-corrected chi connectivity index (χ3v) is 3.56. The van der Waals surface area contributed by atoms with Crippen LogP contribution in [0, 0.1) is 6.92 Å². The Morgan fingerprint density at radius 1 is 1.17 bits per heavy atom. The summed E-state index contributed by atoms with van der Waals surface area (Å²) in [6.07, 6.45) is 0. The number of nitrogens with one attached hydrogen (secondary N) is 1. The molecule has 0 radical (unpaired) electrons. The third kappa shape index (κ3) is 4.82. The van der Waals surface area contributed by atoms with Crippen molar-refractivity contribution < 1.29 is 14.3 Å². The van der Waals surface area contributed by atoms with Gasteiger partial charge in [-0.2, -0.15) is 0 Å². The van der Waals surface area contributed by atoms with Crippen molar-refractivity contribution in [2.45, 2.75) is 6.92 Å². The van der Waals surface area contributed by atoms with Crippen molar-refractivity contribution in [1.29, 1.82) is 0 Å². The van der Waals surface area contributed by atoms with Crippen molar-refractivity contribution in [3.05, 3.63) is 56.8 Å². The number of anilines is 1. The second-order valence-electron chi connectivity index (χ2n) is 4.55. The second-order valence-corrected chi connectivity index (χ2v) is 5.78. The topological polar surface area (TPSA) is 68.3 Å². The van der Waals surface area contributed by atoms with Crippen molar-refractivity contribution in [2.75, 3.05) is 11.9 Å². The van der Waals surface area contributed by atoms with Crippen LogP contribution in [0.25, 0.3) is 0 Å². The molecule has 0 unspecified atom stereocenters. The van der Waals surface area contributed by atoms with Crippen LogP contribution in [0.5, 0.6) is 0 Å². The monoisotopic (exact) mass is 372 g/mol. The summed E-state index contributed by atoms with van der Waals surface area (Å²) < 4.78 is 4.88. The molecule has 5 nitrogen and oxygen atoms in total. The van der Waals surface area contributed by atoms with Crippen LogP contribution in [0.1, 0.15) is 16.1 Å². The first kappa shape index (κ1) is 17.5. The average molecular weight is 374 g/mol. The van der Waals surface area contributed by atoms with Crippen LogP contribution >= 0.6 is 34.8 Å². The highest BCUT2D eigenvalue weighted by Crippen LogP contribution is 2.20. The number of benzene rings is 1. The first-order valence-corrected chi connectivity index (χ1v) is 7.55. The van der Waals surface area contributed by atoms with Gasteiger partial charge in [0.2, 0.25) is 0 Å². The molecule has 0 bridgehead atoms. The SMILES string of the molecule is Cc1ccc(Cl)cc1NC(=O)COC(=O)c1nc(Cl)ccc1Cl. The van der Waals surface area contributed by atoms with Gasteiger partial charge in [-0.15, -0.1) is 0 Å². The maximum atomic E-state index is 11.9. The Labute approximate surface area is 147 Å². The van der Waals surface area contributed by atoms with E-state index in [1.165, 1.54) is 12.1 Å². The van der Waals surface area contributed by atoms with Gasteiger partial charge in [0, 0.05) is 10.7 Å². The van der Waals surface area contributed by atoms with Crippen LogP contribution in [0.3, 0.4) is 0 Å². The molecule has 8 heteroatoms. The number of ether oxygens (including phenoxy) is 1. The summed E-state index contributed by atoms with van der Waals surface area (Å²) in [5.41, 5.74) is 1.22. The summed E-state index contributed by atoms with van der Waals surface area (Å²) in [4.78, 5) is 27.5. The maximum Gasteiger partial charge on any atom is 0.359 e. The molecule has 0 saturated carbocycles. The molecule has 0 aliphatic carbocycles. The summed E-state index contributed by atoms with van der Waals surface area (Å²) in [5.74, 6) is -1.35. The summed E-state index contributed by atoms with van der Waals surface area (Å²) in [6, 6.07) is 7.93. The van der Waals surface area contributed by atoms with Crippen LogP contribution in [-0.4, -0.2) is 23.5 Å². The smallest absolute Gasteiger partial charge is 0.359 e. The minimum absolute atomic E-state index is 0.0884. The predicted octanol–water partition coefficient (Wildman–Crippen LogP) is 4.15. The molecule has 1 heterocycles. The van der Waals surface area contributed by atoms with E-state index in [0.29, 0.717) is 10.7 Å². The summed E-state index contributed by atoms with van der Waals surface area (Å²) >= 11 is 17.4. The zero-order chi connectivity index (χ0) is 17.0. The van der Waals surface area contributed by atoms with E-state index < -0.39 is 18.5 Å². The molecule has 2 aromatic rings. The molecule has 23 heavy (non-hydrogen) atoms. The Balaban J connectivity index is 1.97. The van der Waals surface area contributed by atoms with Gasteiger partial charge in [-0.3, -0.25) is 4.79 Å². The number of esters is 1. The zero-order valence-corrected chi connectivity index (χ0v) is 14.2. The van der Waals surface area contributed by atoms with Gasteiger partial charge in [-0.25, -0.2) is 9.78 Å². The molecule has 0 atom stereocenters. The fourth-order valence-corrected chi connectivity index (χ4v) is 2.18. The molecule has 1 aromatic carbocycles. The van der Waals surface area contributed by atoms with E-state index >= 15 is 0 Å². The Morgan fingerprint density at radius 2 is 1.91 bits per heavy atom. The Morgan fingerprint density at radius 3 is 2.65 bits per heavy atom. The molecule has 120 valence electrons. The number of carbonyl (C=O) groups is 2. The molecule has 2 rings (SSSR count). The van der Waals surface area contributed by atoms with Crippen molar-refractivity contribution in [1.82, 2.24) is 4.98 Å². The van der Waals surface area contributed by atoms with Gasteiger partial charge in [0.25, 0.3) is 5.91 Å². The lowest BCUT2D eigenvalue weighted by Crippen LogP contribution is -2.22. The van der Waals surface area contributed by atoms with Crippen LogP contribution in [-0.2, 0) is 9.53 Å². The van der Waals surface area contributed by atoms with E-state index in [2.05, 4.69) is 10.3 Å². The summed E-state index contributed by atoms with van der Waals surface area (Å²) in [5, 5.41) is 3.27. The van der Waals surface area contributed by atoms with Crippen molar-refractivity contribution >= 4 is 52.4 Å². The molecular formula is C15H11Cl3N2O3. The molecule has 0 aliphatic heterocycles.